The monoisotopic (exact) mass is 354 g/mol. The maximum absolute atomic E-state index is 11.7. The summed E-state index contributed by atoms with van der Waals surface area (Å²) in [7, 11) is 0. The summed E-state index contributed by atoms with van der Waals surface area (Å²) in [6.45, 7) is 4.41. The van der Waals surface area contributed by atoms with E-state index in [1.54, 1.807) is 0 Å². The van der Waals surface area contributed by atoms with Crippen molar-refractivity contribution in [2.75, 3.05) is 0 Å². The summed E-state index contributed by atoms with van der Waals surface area (Å²) in [6, 6.07) is 0. The van der Waals surface area contributed by atoms with Crippen molar-refractivity contribution in [3.05, 3.63) is 0 Å². The van der Waals surface area contributed by atoms with Gasteiger partial charge in [0.05, 0.1) is 0 Å². The van der Waals surface area contributed by atoms with E-state index in [9.17, 15) is 9.59 Å². The summed E-state index contributed by atoms with van der Waals surface area (Å²) in [6.07, 6.45) is 16.4. The molecule has 0 aliphatic rings. The molecule has 4 nitrogen and oxygen atoms in total. The van der Waals surface area contributed by atoms with Gasteiger partial charge < -0.3 is 11.5 Å². The van der Waals surface area contributed by atoms with Gasteiger partial charge in [0.2, 0.25) is 11.8 Å². The maximum atomic E-state index is 11.7. The van der Waals surface area contributed by atoms with Crippen molar-refractivity contribution in [2.45, 2.75) is 110 Å². The Kier molecular flexibility index (Phi) is 15.7. The van der Waals surface area contributed by atoms with E-state index >= 15 is 0 Å². The Bertz CT molecular complexity index is 313. The van der Waals surface area contributed by atoms with Gasteiger partial charge in [0.1, 0.15) is 0 Å². The lowest BCUT2D eigenvalue weighted by Gasteiger charge is -2.19. The lowest BCUT2D eigenvalue weighted by atomic mass is 9.86. The number of rotatable bonds is 18. The Morgan fingerprint density at radius 3 is 1.24 bits per heavy atom. The van der Waals surface area contributed by atoms with Crippen molar-refractivity contribution in [1.82, 2.24) is 0 Å². The fourth-order valence-electron chi connectivity index (χ4n) is 3.44. The molecule has 0 rings (SSSR count). The van der Waals surface area contributed by atoms with Gasteiger partial charge in [-0.15, -0.1) is 0 Å². The molecule has 0 aliphatic heterocycles. The second-order valence-corrected chi connectivity index (χ2v) is 7.55. The van der Waals surface area contributed by atoms with Crippen LogP contribution in [-0.2, 0) is 9.59 Å². The van der Waals surface area contributed by atoms with Gasteiger partial charge in [0.15, 0.2) is 0 Å². The van der Waals surface area contributed by atoms with Gasteiger partial charge in [0, 0.05) is 11.8 Å². The van der Waals surface area contributed by atoms with Crippen LogP contribution in [0.1, 0.15) is 110 Å². The van der Waals surface area contributed by atoms with E-state index in [0.717, 1.165) is 38.5 Å². The first-order valence-corrected chi connectivity index (χ1v) is 10.6. The summed E-state index contributed by atoms with van der Waals surface area (Å²) >= 11 is 0. The van der Waals surface area contributed by atoms with E-state index in [1.165, 1.54) is 51.4 Å². The van der Waals surface area contributed by atoms with Gasteiger partial charge >= 0.3 is 0 Å². The highest BCUT2D eigenvalue weighted by Crippen LogP contribution is 2.23. The number of nitrogens with two attached hydrogens (primary N) is 2. The molecule has 0 spiro atoms. The third kappa shape index (κ3) is 13.9. The molecule has 2 atom stereocenters. The molecule has 0 bridgehead atoms. The van der Waals surface area contributed by atoms with E-state index in [0.29, 0.717) is 6.42 Å². The number of hydrogen-bond acceptors (Lipinski definition) is 2. The number of amides is 2. The highest BCUT2D eigenvalue weighted by atomic mass is 16.1. The van der Waals surface area contributed by atoms with E-state index in [2.05, 4.69) is 13.8 Å². The molecule has 25 heavy (non-hydrogen) atoms. The van der Waals surface area contributed by atoms with E-state index in [-0.39, 0.29) is 23.7 Å². The van der Waals surface area contributed by atoms with E-state index < -0.39 is 0 Å². The van der Waals surface area contributed by atoms with Crippen molar-refractivity contribution in [2.24, 2.45) is 23.3 Å². The van der Waals surface area contributed by atoms with Crippen molar-refractivity contribution in [3.63, 3.8) is 0 Å². The smallest absolute Gasteiger partial charge is 0.220 e. The Morgan fingerprint density at radius 2 is 0.920 bits per heavy atom. The van der Waals surface area contributed by atoms with Gasteiger partial charge in [0.25, 0.3) is 0 Å². The second-order valence-electron chi connectivity index (χ2n) is 7.55. The first-order valence-electron chi connectivity index (χ1n) is 10.6. The number of hydrogen-bond donors (Lipinski definition) is 2. The summed E-state index contributed by atoms with van der Waals surface area (Å²) < 4.78 is 0. The van der Waals surface area contributed by atoms with Crippen LogP contribution in [0.25, 0.3) is 0 Å². The minimum Gasteiger partial charge on any atom is -0.369 e. The Morgan fingerprint density at radius 1 is 0.600 bits per heavy atom. The summed E-state index contributed by atoms with van der Waals surface area (Å²) in [5.41, 5.74) is 11.1. The molecule has 0 saturated carbocycles. The first-order chi connectivity index (χ1) is 12.0. The minimum atomic E-state index is -0.275. The normalized spacial score (nSPS) is 13.5. The Labute approximate surface area is 155 Å². The maximum Gasteiger partial charge on any atom is 0.220 e. The molecular weight excluding hydrogens is 312 g/mol. The van der Waals surface area contributed by atoms with Crippen molar-refractivity contribution < 1.29 is 9.59 Å². The highest BCUT2D eigenvalue weighted by Gasteiger charge is 2.24. The van der Waals surface area contributed by atoms with E-state index in [1.807, 2.05) is 0 Å². The van der Waals surface area contributed by atoms with Crippen LogP contribution in [-0.4, -0.2) is 11.8 Å². The topological polar surface area (TPSA) is 86.2 Å². The zero-order chi connectivity index (χ0) is 18.9. The average Bonchev–Trinajstić information content (AvgIpc) is 2.57. The summed E-state index contributed by atoms with van der Waals surface area (Å²) in [5.74, 6) is -0.960. The third-order valence-corrected chi connectivity index (χ3v) is 5.19. The van der Waals surface area contributed by atoms with E-state index in [4.69, 9.17) is 11.5 Å². The number of carbonyl (C=O) groups is 2. The van der Waals surface area contributed by atoms with Gasteiger partial charge in [-0.05, 0) is 19.3 Å². The number of unbranched alkanes of at least 4 members (excludes halogenated alkanes) is 10. The molecule has 4 N–H and O–H groups in total. The molecule has 0 aliphatic carbocycles. The molecular formula is C21H42N2O2. The fraction of sp³-hybridized carbons (Fsp3) is 0.905. The van der Waals surface area contributed by atoms with Crippen molar-refractivity contribution in [3.8, 4) is 0 Å². The lowest BCUT2D eigenvalue weighted by Crippen LogP contribution is -2.31. The molecule has 148 valence electrons. The molecule has 2 amide bonds. The molecule has 0 radical (unpaired) electrons. The molecule has 4 heteroatoms. The third-order valence-electron chi connectivity index (χ3n) is 5.19. The second kappa shape index (κ2) is 16.4. The van der Waals surface area contributed by atoms with Crippen LogP contribution in [0.2, 0.25) is 0 Å². The van der Waals surface area contributed by atoms with Crippen molar-refractivity contribution in [1.29, 1.82) is 0 Å². The minimum absolute atomic E-state index is 0.205. The van der Waals surface area contributed by atoms with Gasteiger partial charge in [-0.1, -0.05) is 90.9 Å². The predicted molar refractivity (Wildman–Crippen MR) is 106 cm³/mol. The van der Waals surface area contributed by atoms with Crippen LogP contribution in [0.15, 0.2) is 0 Å². The summed E-state index contributed by atoms with van der Waals surface area (Å²) in [4.78, 5) is 23.5. The molecule has 2 unspecified atom stereocenters. The van der Waals surface area contributed by atoms with Crippen LogP contribution >= 0.6 is 0 Å². The SMILES string of the molecule is CCCCCCCCC(CC(CCCCCCCC)C(N)=O)C(N)=O. The van der Waals surface area contributed by atoms with Crippen LogP contribution < -0.4 is 11.5 Å². The molecule has 0 heterocycles. The molecule has 0 aromatic heterocycles. The zero-order valence-electron chi connectivity index (χ0n) is 16.7. The number of primary amides is 2. The Hall–Kier alpha value is -1.06. The summed E-state index contributed by atoms with van der Waals surface area (Å²) in [5, 5.41) is 0. The van der Waals surface area contributed by atoms with Crippen molar-refractivity contribution >= 4 is 11.8 Å². The van der Waals surface area contributed by atoms with Crippen LogP contribution in [0, 0.1) is 11.8 Å². The average molecular weight is 355 g/mol. The highest BCUT2D eigenvalue weighted by molar-refractivity contribution is 5.80. The molecule has 0 saturated heterocycles. The first kappa shape index (κ1) is 23.9. The van der Waals surface area contributed by atoms with Crippen LogP contribution in [0.4, 0.5) is 0 Å². The Balaban J connectivity index is 4.13. The standard InChI is InChI=1S/C21H42N2O2/c1-3-5-7-9-11-13-15-18(20(22)24)17-19(21(23)25)16-14-12-10-8-6-4-2/h18-19H,3-17H2,1-2H3,(H2,22,24)(H2,23,25). The van der Waals surface area contributed by atoms with Gasteiger partial charge in [-0.2, -0.15) is 0 Å². The quantitative estimate of drug-likeness (QED) is 0.336. The van der Waals surface area contributed by atoms with Crippen LogP contribution in [0.5, 0.6) is 0 Å². The number of carbonyl (C=O) groups excluding carboxylic acids is 2. The zero-order valence-corrected chi connectivity index (χ0v) is 16.7. The fourth-order valence-corrected chi connectivity index (χ4v) is 3.44. The molecule has 0 aromatic rings. The largest absolute Gasteiger partial charge is 0.369 e. The predicted octanol–water partition coefficient (Wildman–Crippen LogP) is 5.08. The molecule has 0 aromatic carbocycles. The lowest BCUT2D eigenvalue weighted by molar-refractivity contribution is -0.125. The molecule has 0 fully saturated rings. The van der Waals surface area contributed by atoms with Gasteiger partial charge in [-0.3, -0.25) is 9.59 Å². The van der Waals surface area contributed by atoms with Gasteiger partial charge in [-0.25, -0.2) is 0 Å². The van der Waals surface area contributed by atoms with Crippen LogP contribution in [0.3, 0.4) is 0 Å².